The van der Waals surface area contributed by atoms with E-state index in [4.69, 9.17) is 10.8 Å². The van der Waals surface area contributed by atoms with Crippen LogP contribution in [0.1, 0.15) is 27.2 Å². The van der Waals surface area contributed by atoms with Gasteiger partial charge in [-0.25, -0.2) is 0 Å². The predicted molar refractivity (Wildman–Crippen MR) is 39.7 cm³/mol. The van der Waals surface area contributed by atoms with Gasteiger partial charge in [0.2, 0.25) is 0 Å². The Labute approximate surface area is 61.2 Å². The first-order valence-electron chi connectivity index (χ1n) is 3.34. The highest BCUT2D eigenvalue weighted by Gasteiger charge is 2.19. The van der Waals surface area contributed by atoms with Crippen LogP contribution in [0.3, 0.4) is 0 Å². The van der Waals surface area contributed by atoms with Crippen molar-refractivity contribution in [2.75, 3.05) is 0 Å². The molecule has 1 atom stereocenters. The Balaban J connectivity index is 3.80. The summed E-state index contributed by atoms with van der Waals surface area (Å²) in [7, 11) is 0. The van der Waals surface area contributed by atoms with Crippen molar-refractivity contribution in [3.05, 3.63) is 0 Å². The van der Waals surface area contributed by atoms with Crippen LogP contribution in [-0.2, 0) is 4.79 Å². The fraction of sp³-hybridized carbons (Fsp3) is 0.857. The molecule has 0 aromatic carbocycles. The van der Waals surface area contributed by atoms with Crippen LogP contribution in [0.5, 0.6) is 0 Å². The zero-order chi connectivity index (χ0) is 8.36. The molecule has 0 bridgehead atoms. The molecular weight excluding hydrogens is 130 g/mol. The van der Waals surface area contributed by atoms with Gasteiger partial charge < -0.3 is 10.8 Å². The van der Waals surface area contributed by atoms with Crippen LogP contribution in [-0.4, -0.2) is 16.6 Å². The molecule has 0 radical (unpaired) electrons. The Morgan fingerprint density at radius 3 is 2.20 bits per heavy atom. The van der Waals surface area contributed by atoms with Crippen LogP contribution in [0.2, 0.25) is 0 Å². The summed E-state index contributed by atoms with van der Waals surface area (Å²) in [6.45, 7) is 5.32. The third-order valence-electron chi connectivity index (χ3n) is 1.25. The van der Waals surface area contributed by atoms with E-state index in [1.807, 2.05) is 13.8 Å². The minimum atomic E-state index is -0.779. The predicted octanol–water partition coefficient (Wildman–Crippen LogP) is 0.834. The first-order chi connectivity index (χ1) is 4.33. The first-order valence-corrected chi connectivity index (χ1v) is 3.34. The van der Waals surface area contributed by atoms with Gasteiger partial charge in [0.05, 0.1) is 5.92 Å². The number of aliphatic carboxylic acids is 1. The van der Waals surface area contributed by atoms with Gasteiger partial charge in [0.1, 0.15) is 0 Å². The maximum Gasteiger partial charge on any atom is 0.306 e. The summed E-state index contributed by atoms with van der Waals surface area (Å²) in [6, 6.07) is 0. The quantitative estimate of drug-likeness (QED) is 0.618. The Morgan fingerprint density at radius 2 is 2.10 bits per heavy atom. The fourth-order valence-corrected chi connectivity index (χ4v) is 0.876. The van der Waals surface area contributed by atoms with Crippen molar-refractivity contribution in [2.24, 2.45) is 11.7 Å². The lowest BCUT2D eigenvalue weighted by molar-refractivity contribution is -0.141. The molecule has 0 aliphatic carbocycles. The van der Waals surface area contributed by atoms with Gasteiger partial charge in [-0.15, -0.1) is 0 Å². The lowest BCUT2D eigenvalue weighted by Gasteiger charge is -2.20. The van der Waals surface area contributed by atoms with Crippen LogP contribution in [0.15, 0.2) is 0 Å². The van der Waals surface area contributed by atoms with Crippen LogP contribution < -0.4 is 5.73 Å². The number of carbonyl (C=O) groups is 1. The minimum Gasteiger partial charge on any atom is -0.481 e. The minimum absolute atomic E-state index is 0.347. The van der Waals surface area contributed by atoms with Crippen molar-refractivity contribution in [1.29, 1.82) is 0 Å². The second kappa shape index (κ2) is 3.01. The highest BCUT2D eigenvalue weighted by Crippen LogP contribution is 2.12. The maximum absolute atomic E-state index is 10.3. The van der Waals surface area contributed by atoms with E-state index in [0.717, 1.165) is 0 Å². The van der Waals surface area contributed by atoms with Gasteiger partial charge >= 0.3 is 5.97 Å². The summed E-state index contributed by atoms with van der Waals surface area (Å²) < 4.78 is 0. The summed E-state index contributed by atoms with van der Waals surface area (Å²) in [6.07, 6.45) is 0.516. The molecule has 0 heterocycles. The van der Waals surface area contributed by atoms with E-state index in [9.17, 15) is 4.79 Å². The van der Waals surface area contributed by atoms with Crippen LogP contribution in [0.25, 0.3) is 0 Å². The standard InChI is InChI=1S/C7H15NO2/c1-5(6(9)10)4-7(2,3)8/h5H,4,8H2,1-3H3,(H,9,10)/t5-/m0/s1. The molecule has 10 heavy (non-hydrogen) atoms. The molecule has 0 rings (SSSR count). The Bertz CT molecular complexity index is 126. The molecule has 3 heteroatoms. The second-order valence-corrected chi connectivity index (χ2v) is 3.43. The van der Waals surface area contributed by atoms with Crippen molar-refractivity contribution in [1.82, 2.24) is 0 Å². The Hall–Kier alpha value is -0.570. The average Bonchev–Trinajstić information content (AvgIpc) is 1.60. The molecule has 0 saturated heterocycles. The Kier molecular flexibility index (Phi) is 2.84. The van der Waals surface area contributed by atoms with Gasteiger partial charge in [-0.2, -0.15) is 0 Å². The number of rotatable bonds is 3. The van der Waals surface area contributed by atoms with E-state index in [0.29, 0.717) is 6.42 Å². The van der Waals surface area contributed by atoms with Crippen LogP contribution >= 0.6 is 0 Å². The molecule has 0 saturated carbocycles. The number of carboxylic acids is 1. The molecule has 0 aliphatic heterocycles. The largest absolute Gasteiger partial charge is 0.481 e. The SMILES string of the molecule is C[C@@H](CC(C)(C)N)C(=O)O. The molecule has 3 nitrogen and oxygen atoms in total. The maximum atomic E-state index is 10.3. The third kappa shape index (κ3) is 4.32. The van der Waals surface area contributed by atoms with Crippen molar-refractivity contribution < 1.29 is 9.90 Å². The molecule has 0 aliphatic rings. The zero-order valence-corrected chi connectivity index (χ0v) is 6.72. The molecule has 0 amide bonds. The lowest BCUT2D eigenvalue weighted by Crippen LogP contribution is -2.35. The van der Waals surface area contributed by atoms with Gasteiger partial charge in [-0.05, 0) is 20.3 Å². The van der Waals surface area contributed by atoms with Crippen LogP contribution in [0, 0.1) is 5.92 Å². The molecule has 0 spiro atoms. The molecule has 0 aromatic rings. The van der Waals surface area contributed by atoms with Crippen molar-refractivity contribution >= 4 is 5.97 Å². The number of hydrogen-bond donors (Lipinski definition) is 2. The fourth-order valence-electron chi connectivity index (χ4n) is 0.876. The van der Waals surface area contributed by atoms with Crippen molar-refractivity contribution in [3.63, 3.8) is 0 Å². The van der Waals surface area contributed by atoms with E-state index < -0.39 is 5.97 Å². The van der Waals surface area contributed by atoms with E-state index in [1.165, 1.54) is 0 Å². The molecule has 3 N–H and O–H groups in total. The monoisotopic (exact) mass is 145 g/mol. The zero-order valence-electron chi connectivity index (χ0n) is 6.72. The van der Waals surface area contributed by atoms with Crippen LogP contribution in [0.4, 0.5) is 0 Å². The molecule has 60 valence electrons. The van der Waals surface area contributed by atoms with Gasteiger partial charge in [-0.1, -0.05) is 6.92 Å². The average molecular weight is 145 g/mol. The molecular formula is C7H15NO2. The Morgan fingerprint density at radius 1 is 1.70 bits per heavy atom. The normalized spacial score (nSPS) is 14.8. The van der Waals surface area contributed by atoms with E-state index in [2.05, 4.69) is 0 Å². The van der Waals surface area contributed by atoms with Gasteiger partial charge in [0.25, 0.3) is 0 Å². The number of hydrogen-bond acceptors (Lipinski definition) is 2. The highest BCUT2D eigenvalue weighted by atomic mass is 16.4. The van der Waals surface area contributed by atoms with Gasteiger partial charge in [-0.3, -0.25) is 4.79 Å². The molecule has 0 unspecified atom stereocenters. The number of nitrogens with two attached hydrogens (primary N) is 1. The second-order valence-electron chi connectivity index (χ2n) is 3.43. The van der Waals surface area contributed by atoms with E-state index in [1.54, 1.807) is 6.92 Å². The van der Waals surface area contributed by atoms with Gasteiger partial charge in [0, 0.05) is 5.54 Å². The van der Waals surface area contributed by atoms with Gasteiger partial charge in [0.15, 0.2) is 0 Å². The number of carboxylic acid groups (broad SMARTS) is 1. The lowest BCUT2D eigenvalue weighted by atomic mass is 9.93. The highest BCUT2D eigenvalue weighted by molar-refractivity contribution is 5.69. The van der Waals surface area contributed by atoms with E-state index in [-0.39, 0.29) is 11.5 Å². The summed E-state index contributed by atoms with van der Waals surface area (Å²) in [4.78, 5) is 10.3. The topological polar surface area (TPSA) is 63.3 Å². The molecule has 0 aromatic heterocycles. The van der Waals surface area contributed by atoms with Crippen molar-refractivity contribution in [2.45, 2.75) is 32.7 Å². The first kappa shape index (κ1) is 9.43. The summed E-state index contributed by atoms with van der Waals surface area (Å²) in [5.74, 6) is -1.13. The summed E-state index contributed by atoms with van der Waals surface area (Å²) in [5, 5.41) is 8.49. The summed E-state index contributed by atoms with van der Waals surface area (Å²) >= 11 is 0. The van der Waals surface area contributed by atoms with Crippen molar-refractivity contribution in [3.8, 4) is 0 Å². The molecule has 0 fully saturated rings. The smallest absolute Gasteiger partial charge is 0.306 e. The summed E-state index contributed by atoms with van der Waals surface area (Å²) in [5.41, 5.74) is 5.23. The third-order valence-corrected chi connectivity index (χ3v) is 1.25. The van der Waals surface area contributed by atoms with E-state index >= 15 is 0 Å².